The monoisotopic (exact) mass is 534 g/mol. The Hall–Kier alpha value is -4.21. The maximum absolute atomic E-state index is 13.4. The summed E-state index contributed by atoms with van der Waals surface area (Å²) in [5, 5.41) is 19.7. The molecule has 10 heteroatoms. The third kappa shape index (κ3) is 5.79. The van der Waals surface area contributed by atoms with Gasteiger partial charge in [-0.2, -0.15) is 5.10 Å². The fourth-order valence-electron chi connectivity index (χ4n) is 4.92. The van der Waals surface area contributed by atoms with Crippen LogP contribution in [0, 0.1) is 21.4 Å². The maximum atomic E-state index is 13.4. The SMILES string of the molecule is COc1ccc(Cc2nn(-c3ccc(C(=O)NCC(C)C)cc3[N+](=O)[O-])c3c2C(=O)CC(C)(C)C3)cc1OC. The molecule has 1 aliphatic carbocycles. The number of ether oxygens (including phenoxy) is 2. The number of carbonyl (C=O) groups excluding carboxylic acids is 2. The van der Waals surface area contributed by atoms with Crippen LogP contribution in [-0.2, 0) is 12.8 Å². The number of nitro benzene ring substituents is 1. The van der Waals surface area contributed by atoms with Crippen LogP contribution in [0.15, 0.2) is 36.4 Å². The molecule has 0 radical (unpaired) electrons. The van der Waals surface area contributed by atoms with E-state index in [0.717, 1.165) is 5.56 Å². The molecule has 0 unspecified atom stereocenters. The van der Waals surface area contributed by atoms with E-state index in [-0.39, 0.29) is 40.0 Å². The fourth-order valence-corrected chi connectivity index (χ4v) is 4.92. The van der Waals surface area contributed by atoms with Gasteiger partial charge >= 0.3 is 0 Å². The number of hydrogen-bond donors (Lipinski definition) is 1. The molecule has 1 N–H and O–H groups in total. The number of aromatic nitrogens is 2. The molecule has 4 rings (SSSR count). The highest BCUT2D eigenvalue weighted by atomic mass is 16.6. The Kier molecular flexibility index (Phi) is 7.76. The van der Waals surface area contributed by atoms with Crippen LogP contribution >= 0.6 is 0 Å². The summed E-state index contributed by atoms with van der Waals surface area (Å²) in [6.45, 7) is 8.38. The molecular formula is C29H34N4O6. The number of nitro groups is 1. The van der Waals surface area contributed by atoms with Gasteiger partial charge in [-0.25, -0.2) is 4.68 Å². The van der Waals surface area contributed by atoms with E-state index in [1.165, 1.54) is 16.8 Å². The number of methoxy groups -OCH3 is 2. The lowest BCUT2D eigenvalue weighted by molar-refractivity contribution is -0.384. The van der Waals surface area contributed by atoms with E-state index in [9.17, 15) is 19.7 Å². The average molecular weight is 535 g/mol. The van der Waals surface area contributed by atoms with Crippen LogP contribution in [0.2, 0.25) is 0 Å². The van der Waals surface area contributed by atoms with Crippen molar-refractivity contribution < 1.29 is 24.0 Å². The number of ketones is 1. The molecule has 3 aromatic rings. The summed E-state index contributed by atoms with van der Waals surface area (Å²) in [6, 6.07) is 9.84. The van der Waals surface area contributed by atoms with Crippen molar-refractivity contribution in [3.8, 4) is 17.2 Å². The smallest absolute Gasteiger partial charge is 0.295 e. The van der Waals surface area contributed by atoms with E-state index in [1.807, 2.05) is 39.8 Å². The lowest BCUT2D eigenvalue weighted by Crippen LogP contribution is -2.28. The quantitative estimate of drug-likeness (QED) is 0.305. The standard InChI is InChI=1S/C29H34N4O6/c1-17(2)16-30-28(35)19-8-9-21(22(13-19)33(36)37)32-23-14-29(3,4)15-24(34)27(23)20(31-32)11-18-7-10-25(38-5)26(12-18)39-6/h7-10,12-13,17H,11,14-16H2,1-6H3,(H,30,35). The van der Waals surface area contributed by atoms with E-state index in [1.54, 1.807) is 26.4 Å². The topological polar surface area (TPSA) is 126 Å². The van der Waals surface area contributed by atoms with Crippen molar-refractivity contribution in [2.45, 2.75) is 47.0 Å². The fraction of sp³-hybridized carbons (Fsp3) is 0.414. The number of carbonyl (C=O) groups is 2. The number of nitrogens with zero attached hydrogens (tertiary/aromatic N) is 3. The largest absolute Gasteiger partial charge is 0.493 e. The van der Waals surface area contributed by atoms with E-state index >= 15 is 0 Å². The summed E-state index contributed by atoms with van der Waals surface area (Å²) in [7, 11) is 3.11. The molecule has 0 atom stereocenters. The van der Waals surface area contributed by atoms with Crippen molar-refractivity contribution in [3.63, 3.8) is 0 Å². The molecule has 2 aromatic carbocycles. The molecule has 0 saturated carbocycles. The normalized spacial score (nSPS) is 14.2. The Morgan fingerprint density at radius 1 is 1.13 bits per heavy atom. The summed E-state index contributed by atoms with van der Waals surface area (Å²) >= 11 is 0. The number of hydrogen-bond acceptors (Lipinski definition) is 7. The van der Waals surface area contributed by atoms with Crippen molar-refractivity contribution in [1.82, 2.24) is 15.1 Å². The molecule has 206 valence electrons. The molecule has 1 aromatic heterocycles. The van der Waals surface area contributed by atoms with Gasteiger partial charge in [0, 0.05) is 31.0 Å². The molecule has 1 amide bonds. The minimum Gasteiger partial charge on any atom is -0.493 e. The second-order valence-corrected chi connectivity index (χ2v) is 11.1. The van der Waals surface area contributed by atoms with Crippen molar-refractivity contribution >= 4 is 17.4 Å². The second kappa shape index (κ2) is 10.9. The number of Topliss-reactive ketones (excluding diaryl/α,β-unsaturated/α-hetero) is 1. The minimum absolute atomic E-state index is 0.0460. The Labute approximate surface area is 227 Å². The molecule has 39 heavy (non-hydrogen) atoms. The zero-order valence-electron chi connectivity index (χ0n) is 23.2. The predicted octanol–water partition coefficient (Wildman–Crippen LogP) is 4.93. The highest BCUT2D eigenvalue weighted by Gasteiger charge is 2.37. The molecule has 1 aliphatic rings. The summed E-state index contributed by atoms with van der Waals surface area (Å²) in [6.07, 6.45) is 1.19. The van der Waals surface area contributed by atoms with Crippen LogP contribution in [0.5, 0.6) is 11.5 Å². The van der Waals surface area contributed by atoms with Gasteiger partial charge in [-0.3, -0.25) is 19.7 Å². The minimum atomic E-state index is -0.521. The molecule has 0 aliphatic heterocycles. The maximum Gasteiger partial charge on any atom is 0.295 e. The van der Waals surface area contributed by atoms with Crippen LogP contribution in [0.3, 0.4) is 0 Å². The Balaban J connectivity index is 1.83. The summed E-state index contributed by atoms with van der Waals surface area (Å²) in [4.78, 5) is 37.6. The second-order valence-electron chi connectivity index (χ2n) is 11.1. The highest BCUT2D eigenvalue weighted by molar-refractivity contribution is 6.00. The number of amides is 1. The molecular weight excluding hydrogens is 500 g/mol. The molecule has 0 bridgehead atoms. The number of benzene rings is 2. The predicted molar refractivity (Wildman–Crippen MR) is 146 cm³/mol. The average Bonchev–Trinajstić information content (AvgIpc) is 3.23. The van der Waals surface area contributed by atoms with Crippen LogP contribution < -0.4 is 14.8 Å². The van der Waals surface area contributed by atoms with E-state index < -0.39 is 4.92 Å². The first-order chi connectivity index (χ1) is 18.4. The summed E-state index contributed by atoms with van der Waals surface area (Å²) in [5.41, 5.74) is 2.31. The highest BCUT2D eigenvalue weighted by Crippen LogP contribution is 2.39. The Morgan fingerprint density at radius 3 is 2.49 bits per heavy atom. The van der Waals surface area contributed by atoms with Gasteiger partial charge in [-0.15, -0.1) is 0 Å². The molecule has 10 nitrogen and oxygen atoms in total. The van der Waals surface area contributed by atoms with Gasteiger partial charge in [0.1, 0.15) is 5.69 Å². The van der Waals surface area contributed by atoms with Crippen molar-refractivity contribution in [3.05, 3.63) is 74.6 Å². The number of rotatable bonds is 9. The molecule has 0 fully saturated rings. The Morgan fingerprint density at radius 2 is 1.85 bits per heavy atom. The zero-order chi connectivity index (χ0) is 28.5. The first-order valence-electron chi connectivity index (χ1n) is 12.9. The molecule has 0 saturated heterocycles. The van der Waals surface area contributed by atoms with Gasteiger partial charge in [0.05, 0.1) is 36.1 Å². The van der Waals surface area contributed by atoms with Crippen LogP contribution in [0.4, 0.5) is 5.69 Å². The van der Waals surface area contributed by atoms with Gasteiger partial charge in [0.2, 0.25) is 0 Å². The zero-order valence-corrected chi connectivity index (χ0v) is 23.2. The molecule has 1 heterocycles. The van der Waals surface area contributed by atoms with Gasteiger partial charge in [-0.1, -0.05) is 33.8 Å². The van der Waals surface area contributed by atoms with Crippen LogP contribution in [0.1, 0.15) is 71.8 Å². The van der Waals surface area contributed by atoms with Gasteiger partial charge in [-0.05, 0) is 47.6 Å². The first-order valence-corrected chi connectivity index (χ1v) is 12.9. The van der Waals surface area contributed by atoms with E-state index in [0.29, 0.717) is 54.3 Å². The first kappa shape index (κ1) is 27.8. The van der Waals surface area contributed by atoms with Gasteiger partial charge in [0.15, 0.2) is 17.3 Å². The van der Waals surface area contributed by atoms with Gasteiger partial charge in [0.25, 0.3) is 11.6 Å². The third-order valence-corrected chi connectivity index (χ3v) is 6.77. The van der Waals surface area contributed by atoms with Crippen molar-refractivity contribution in [2.75, 3.05) is 20.8 Å². The van der Waals surface area contributed by atoms with E-state index in [2.05, 4.69) is 5.32 Å². The third-order valence-electron chi connectivity index (χ3n) is 6.77. The lowest BCUT2D eigenvalue weighted by atomic mass is 9.75. The van der Waals surface area contributed by atoms with Gasteiger partial charge < -0.3 is 14.8 Å². The number of fused-ring (bicyclic) bond motifs is 1. The van der Waals surface area contributed by atoms with E-state index in [4.69, 9.17) is 14.6 Å². The summed E-state index contributed by atoms with van der Waals surface area (Å²) < 4.78 is 12.3. The van der Waals surface area contributed by atoms with Crippen molar-refractivity contribution in [2.24, 2.45) is 11.3 Å². The molecule has 0 spiro atoms. The summed E-state index contributed by atoms with van der Waals surface area (Å²) in [5.74, 6) is 0.947. The Bertz CT molecular complexity index is 1440. The number of nitrogens with one attached hydrogen (secondary N) is 1. The van der Waals surface area contributed by atoms with Crippen molar-refractivity contribution in [1.29, 1.82) is 0 Å². The van der Waals surface area contributed by atoms with Crippen LogP contribution in [0.25, 0.3) is 5.69 Å². The van der Waals surface area contributed by atoms with Crippen LogP contribution in [-0.4, -0.2) is 47.2 Å². The lowest BCUT2D eigenvalue weighted by Gasteiger charge is -2.29.